The molecule has 3 heterocycles. The Balaban J connectivity index is 2.10. The zero-order valence-corrected chi connectivity index (χ0v) is 15.4. The molecule has 9 nitrogen and oxygen atoms in total. The van der Waals surface area contributed by atoms with E-state index in [0.29, 0.717) is 32.9 Å². The topological polar surface area (TPSA) is 138 Å². The van der Waals surface area contributed by atoms with Gasteiger partial charge in [0.05, 0.1) is 22.3 Å². The van der Waals surface area contributed by atoms with Crippen molar-refractivity contribution in [2.75, 3.05) is 12.8 Å². The van der Waals surface area contributed by atoms with Gasteiger partial charge in [-0.05, 0) is 13.0 Å². The van der Waals surface area contributed by atoms with Crippen molar-refractivity contribution in [1.82, 2.24) is 19.9 Å². The Bertz CT molecular complexity index is 1040. The molecule has 0 aliphatic rings. The molecule has 0 aliphatic heterocycles. The number of nitrogen functional groups attached to an aromatic ring is 1. The number of rotatable bonds is 5. The molecule has 0 bridgehead atoms. The van der Waals surface area contributed by atoms with Crippen molar-refractivity contribution in [3.8, 4) is 17.0 Å². The van der Waals surface area contributed by atoms with Crippen LogP contribution in [0.1, 0.15) is 6.92 Å². The van der Waals surface area contributed by atoms with Crippen LogP contribution in [0.5, 0.6) is 5.75 Å². The second-order valence-corrected chi connectivity index (χ2v) is 5.97. The van der Waals surface area contributed by atoms with Crippen LogP contribution < -0.4 is 16.2 Å². The Hall–Kier alpha value is -3.33. The highest BCUT2D eigenvalue weighted by molar-refractivity contribution is 6.30. The monoisotopic (exact) mass is 384 g/mol. The summed E-state index contributed by atoms with van der Waals surface area (Å²) in [5.74, 6) is 0.902. The van der Waals surface area contributed by atoms with Crippen LogP contribution in [0.25, 0.3) is 22.2 Å². The van der Waals surface area contributed by atoms with Crippen LogP contribution in [-0.4, -0.2) is 45.3 Å². The van der Waals surface area contributed by atoms with Gasteiger partial charge in [0.1, 0.15) is 29.8 Å². The van der Waals surface area contributed by atoms with Crippen molar-refractivity contribution >= 4 is 40.5 Å². The van der Waals surface area contributed by atoms with Crippen molar-refractivity contribution in [2.45, 2.75) is 13.0 Å². The third-order valence-corrected chi connectivity index (χ3v) is 3.89. The van der Waals surface area contributed by atoms with Crippen LogP contribution in [0.3, 0.4) is 0 Å². The predicted molar refractivity (Wildman–Crippen MR) is 106 cm³/mol. The van der Waals surface area contributed by atoms with Crippen molar-refractivity contribution in [3.63, 3.8) is 0 Å². The highest BCUT2D eigenvalue weighted by Gasteiger charge is 2.18. The number of nitrogens with zero attached hydrogens (tertiary/aromatic N) is 6. The maximum atomic E-state index is 6.08. The summed E-state index contributed by atoms with van der Waals surface area (Å²) in [6.07, 6.45) is 6.89. The first-order chi connectivity index (χ1) is 13.0. The molecule has 0 radical (unpaired) electrons. The lowest BCUT2D eigenvalue weighted by Gasteiger charge is -2.16. The number of ether oxygens (including phenoxy) is 1. The van der Waals surface area contributed by atoms with Gasteiger partial charge >= 0.3 is 0 Å². The molecule has 4 N–H and O–H groups in total. The second-order valence-electron chi connectivity index (χ2n) is 5.53. The van der Waals surface area contributed by atoms with Gasteiger partial charge in [-0.25, -0.2) is 19.9 Å². The van der Waals surface area contributed by atoms with Crippen LogP contribution in [0.4, 0.5) is 5.82 Å². The quantitative estimate of drug-likeness (QED) is 0.507. The lowest BCUT2D eigenvalue weighted by atomic mass is 10.1. The summed E-state index contributed by atoms with van der Waals surface area (Å²) in [7, 11) is 1.60. The molecule has 1 unspecified atom stereocenters. The van der Waals surface area contributed by atoms with E-state index in [1.54, 1.807) is 26.2 Å². The molecule has 138 valence electrons. The summed E-state index contributed by atoms with van der Waals surface area (Å²) in [6, 6.07) is 1.74. The number of hydrogen-bond acceptors (Lipinski definition) is 7. The largest absolute Gasteiger partial charge is 0.480 e. The standard InChI is InChI=1S/C17H17ClN8O/c1-9(16(19)25-7-21-2)27-12-6-23-14(10-3-11(18)5-22-4-10)15-13(12)17(20)26-8-24-15/h3-9H,1-2H3,(H2,19,21,25)(H2,20,24,26). The zero-order valence-electron chi connectivity index (χ0n) is 14.7. The number of amidine groups is 1. The van der Waals surface area contributed by atoms with E-state index in [0.717, 1.165) is 0 Å². The molecule has 0 aliphatic carbocycles. The number of hydrogen-bond donors (Lipinski definition) is 2. The fourth-order valence-electron chi connectivity index (χ4n) is 2.39. The number of aromatic nitrogens is 4. The normalized spacial score (nSPS) is 13.2. The molecule has 0 saturated carbocycles. The van der Waals surface area contributed by atoms with Crippen LogP contribution in [0.2, 0.25) is 5.02 Å². The Morgan fingerprint density at radius 3 is 2.81 bits per heavy atom. The van der Waals surface area contributed by atoms with Gasteiger partial charge in [-0.15, -0.1) is 0 Å². The molecule has 3 aromatic rings. The maximum Gasteiger partial charge on any atom is 0.153 e. The van der Waals surface area contributed by atoms with Gasteiger partial charge in [-0.2, -0.15) is 0 Å². The lowest BCUT2D eigenvalue weighted by molar-refractivity contribution is 0.288. The minimum atomic E-state index is -0.536. The third-order valence-electron chi connectivity index (χ3n) is 3.68. The SMILES string of the molecule is CN=CN=C(N)C(C)Oc1cnc(-c2cncc(Cl)c2)c2ncnc(N)c12. The van der Waals surface area contributed by atoms with Gasteiger partial charge in [0.2, 0.25) is 0 Å². The van der Waals surface area contributed by atoms with Crippen LogP contribution in [0, 0.1) is 0 Å². The number of halogens is 1. The highest BCUT2D eigenvalue weighted by atomic mass is 35.5. The molecule has 3 aromatic heterocycles. The molecule has 0 fully saturated rings. The van der Waals surface area contributed by atoms with Gasteiger partial charge in [0.15, 0.2) is 11.9 Å². The summed E-state index contributed by atoms with van der Waals surface area (Å²) in [6.45, 7) is 1.75. The Labute approximate surface area is 160 Å². The van der Waals surface area contributed by atoms with Gasteiger partial charge in [0, 0.05) is 25.0 Å². The van der Waals surface area contributed by atoms with E-state index in [-0.39, 0.29) is 11.7 Å². The Morgan fingerprint density at radius 2 is 2.07 bits per heavy atom. The molecule has 0 spiro atoms. The van der Waals surface area contributed by atoms with E-state index in [4.69, 9.17) is 27.8 Å². The van der Waals surface area contributed by atoms with Crippen molar-refractivity contribution in [2.24, 2.45) is 15.7 Å². The Morgan fingerprint density at radius 1 is 1.26 bits per heavy atom. The van der Waals surface area contributed by atoms with Crippen LogP contribution in [-0.2, 0) is 0 Å². The molecule has 0 aromatic carbocycles. The maximum absolute atomic E-state index is 6.08. The van der Waals surface area contributed by atoms with Crippen molar-refractivity contribution in [1.29, 1.82) is 0 Å². The van der Waals surface area contributed by atoms with E-state index >= 15 is 0 Å². The number of pyridine rings is 2. The van der Waals surface area contributed by atoms with E-state index in [1.165, 1.54) is 25.1 Å². The van der Waals surface area contributed by atoms with Gasteiger partial charge in [0.25, 0.3) is 0 Å². The van der Waals surface area contributed by atoms with Crippen molar-refractivity contribution in [3.05, 3.63) is 36.0 Å². The molecular formula is C17H17ClN8O. The average Bonchev–Trinajstić information content (AvgIpc) is 2.66. The summed E-state index contributed by atoms with van der Waals surface area (Å²) < 4.78 is 5.90. The molecule has 27 heavy (non-hydrogen) atoms. The Kier molecular flexibility index (Phi) is 5.41. The molecule has 0 amide bonds. The average molecular weight is 385 g/mol. The summed E-state index contributed by atoms with van der Waals surface area (Å²) in [5, 5.41) is 1.01. The number of anilines is 1. The predicted octanol–water partition coefficient (Wildman–Crippen LogP) is 2.10. The molecule has 0 saturated heterocycles. The summed E-state index contributed by atoms with van der Waals surface area (Å²) in [4.78, 5) is 24.7. The molecular weight excluding hydrogens is 368 g/mol. The van der Waals surface area contributed by atoms with Crippen LogP contribution in [0.15, 0.2) is 41.0 Å². The van der Waals surface area contributed by atoms with E-state index in [1.807, 2.05) is 0 Å². The third kappa shape index (κ3) is 3.93. The second kappa shape index (κ2) is 7.92. The van der Waals surface area contributed by atoms with E-state index in [9.17, 15) is 0 Å². The first kappa shape index (κ1) is 18.5. The van der Waals surface area contributed by atoms with Gasteiger partial charge in [-0.3, -0.25) is 9.98 Å². The molecule has 10 heteroatoms. The fourth-order valence-corrected chi connectivity index (χ4v) is 2.57. The lowest BCUT2D eigenvalue weighted by Crippen LogP contribution is -2.31. The number of fused-ring (bicyclic) bond motifs is 1. The first-order valence-corrected chi connectivity index (χ1v) is 8.29. The van der Waals surface area contributed by atoms with E-state index < -0.39 is 6.10 Å². The van der Waals surface area contributed by atoms with Gasteiger partial charge < -0.3 is 16.2 Å². The minimum Gasteiger partial charge on any atom is -0.480 e. The van der Waals surface area contributed by atoms with Crippen LogP contribution >= 0.6 is 11.6 Å². The summed E-state index contributed by atoms with van der Waals surface area (Å²) >= 11 is 6.04. The zero-order chi connectivity index (χ0) is 19.4. The minimum absolute atomic E-state index is 0.256. The molecule has 3 rings (SSSR count). The highest BCUT2D eigenvalue weighted by Crippen LogP contribution is 2.34. The molecule has 1 atom stereocenters. The summed E-state index contributed by atoms with van der Waals surface area (Å²) in [5.41, 5.74) is 13.8. The number of aliphatic imine (C=N–C) groups is 2. The smallest absolute Gasteiger partial charge is 0.153 e. The van der Waals surface area contributed by atoms with E-state index in [2.05, 4.69) is 29.9 Å². The number of nitrogens with two attached hydrogens (primary N) is 2. The first-order valence-electron chi connectivity index (χ1n) is 7.91. The van der Waals surface area contributed by atoms with Gasteiger partial charge in [-0.1, -0.05) is 11.6 Å². The van der Waals surface area contributed by atoms with Crippen molar-refractivity contribution < 1.29 is 4.74 Å². The fraction of sp³-hybridized carbons (Fsp3) is 0.176.